The molecule has 0 aromatic heterocycles. The smallest absolute Gasteiger partial charge is 0.0856 e. The van der Waals surface area contributed by atoms with Crippen LogP contribution in [0.1, 0.15) is 12.5 Å². The minimum Gasteiger partial charge on any atom is -0.355 e. The van der Waals surface area contributed by atoms with E-state index < -0.39 is 0 Å². The first kappa shape index (κ1) is 12.2. The van der Waals surface area contributed by atoms with Gasteiger partial charge in [-0.05, 0) is 30.7 Å². The molecular formula is C15H18NS+. The van der Waals surface area contributed by atoms with Crippen LogP contribution in [0.15, 0.2) is 64.4 Å². The minimum atomic E-state index is 0.451. The maximum absolute atomic E-state index is 4.07. The van der Waals surface area contributed by atoms with Gasteiger partial charge in [0.15, 0.2) is 0 Å². The van der Waals surface area contributed by atoms with Crippen LogP contribution < -0.4 is 5.73 Å². The molecule has 3 N–H and O–H groups in total. The van der Waals surface area contributed by atoms with Gasteiger partial charge in [0.2, 0.25) is 0 Å². The Kier molecular flexibility index (Phi) is 4.24. The van der Waals surface area contributed by atoms with Gasteiger partial charge in [0.1, 0.15) is 0 Å². The van der Waals surface area contributed by atoms with E-state index in [0.29, 0.717) is 6.04 Å². The van der Waals surface area contributed by atoms with Crippen LogP contribution >= 0.6 is 11.8 Å². The average Bonchev–Trinajstić information content (AvgIpc) is 2.32. The first-order valence-electron chi connectivity index (χ1n) is 5.89. The summed E-state index contributed by atoms with van der Waals surface area (Å²) >= 11 is 1.83. The summed E-state index contributed by atoms with van der Waals surface area (Å²) in [4.78, 5) is 2.63. The van der Waals surface area contributed by atoms with Crippen molar-refractivity contribution in [2.75, 3.05) is 0 Å². The predicted octanol–water partition coefficient (Wildman–Crippen LogP) is 3.01. The van der Waals surface area contributed by atoms with Crippen LogP contribution in [0.2, 0.25) is 0 Å². The zero-order valence-electron chi connectivity index (χ0n) is 10.1. The van der Waals surface area contributed by atoms with E-state index >= 15 is 0 Å². The van der Waals surface area contributed by atoms with Gasteiger partial charge >= 0.3 is 0 Å². The molecule has 0 aliphatic carbocycles. The molecule has 0 aliphatic heterocycles. The van der Waals surface area contributed by atoms with Gasteiger partial charge in [-0.2, -0.15) is 0 Å². The molecule has 0 saturated heterocycles. The summed E-state index contributed by atoms with van der Waals surface area (Å²) in [5.41, 5.74) is 5.47. The minimum absolute atomic E-state index is 0.451. The molecule has 2 aromatic rings. The largest absolute Gasteiger partial charge is 0.355 e. The van der Waals surface area contributed by atoms with Crippen LogP contribution in [0, 0.1) is 0 Å². The summed E-state index contributed by atoms with van der Waals surface area (Å²) in [6.45, 7) is 2.16. The van der Waals surface area contributed by atoms with Crippen LogP contribution in [0.25, 0.3) is 0 Å². The second-order valence-corrected chi connectivity index (χ2v) is 5.45. The molecule has 0 heterocycles. The molecule has 2 heteroatoms. The van der Waals surface area contributed by atoms with Crippen molar-refractivity contribution in [2.24, 2.45) is 0 Å². The van der Waals surface area contributed by atoms with Crippen molar-refractivity contribution in [1.82, 2.24) is 0 Å². The number of quaternary nitrogens is 1. The monoisotopic (exact) mass is 244 g/mol. The Hall–Kier alpha value is -1.25. The summed E-state index contributed by atoms with van der Waals surface area (Å²) in [7, 11) is 0. The molecule has 0 amide bonds. The van der Waals surface area contributed by atoms with Crippen molar-refractivity contribution in [3.8, 4) is 0 Å². The van der Waals surface area contributed by atoms with Gasteiger partial charge in [0.25, 0.3) is 0 Å². The fraction of sp³-hybridized carbons (Fsp3) is 0.200. The Balaban J connectivity index is 2.20. The van der Waals surface area contributed by atoms with Crippen LogP contribution in [0.4, 0.5) is 0 Å². The summed E-state index contributed by atoms with van der Waals surface area (Å²) in [6, 6.07) is 19.5. The second kappa shape index (κ2) is 5.89. The Morgan fingerprint density at radius 3 is 2.35 bits per heavy atom. The van der Waals surface area contributed by atoms with E-state index in [1.54, 1.807) is 0 Å². The number of rotatable bonds is 4. The molecule has 88 valence electrons. The van der Waals surface area contributed by atoms with Gasteiger partial charge in [-0.25, -0.2) is 0 Å². The number of hydrogen-bond acceptors (Lipinski definition) is 1. The quantitative estimate of drug-likeness (QED) is 0.879. The van der Waals surface area contributed by atoms with Gasteiger partial charge in [-0.15, -0.1) is 0 Å². The van der Waals surface area contributed by atoms with E-state index in [-0.39, 0.29) is 0 Å². The summed E-state index contributed by atoms with van der Waals surface area (Å²) in [5.74, 6) is 0. The van der Waals surface area contributed by atoms with Gasteiger partial charge in [0, 0.05) is 16.2 Å². The highest BCUT2D eigenvalue weighted by atomic mass is 32.2. The van der Waals surface area contributed by atoms with Crippen LogP contribution in [-0.2, 0) is 6.42 Å². The first-order valence-corrected chi connectivity index (χ1v) is 6.71. The molecule has 2 aromatic carbocycles. The highest BCUT2D eigenvalue weighted by molar-refractivity contribution is 7.99. The van der Waals surface area contributed by atoms with Crippen molar-refractivity contribution < 1.29 is 5.73 Å². The summed E-state index contributed by atoms with van der Waals surface area (Å²) in [6.07, 6.45) is 1.04. The van der Waals surface area contributed by atoms with E-state index in [1.807, 2.05) is 17.8 Å². The third-order valence-corrected chi connectivity index (χ3v) is 3.64. The molecule has 1 atom stereocenters. The van der Waals surface area contributed by atoms with E-state index in [1.165, 1.54) is 15.4 Å². The Labute approximate surface area is 107 Å². The standard InChI is InChI=1S/C15H17NS/c1-12(16)11-13-7-5-6-10-15(13)17-14-8-3-2-4-9-14/h2-10,12H,11,16H2,1H3/p+1/t12-/m1/s1. The van der Waals surface area contributed by atoms with Crippen LogP contribution in [0.5, 0.6) is 0 Å². The second-order valence-electron chi connectivity index (χ2n) is 4.33. The van der Waals surface area contributed by atoms with Crippen LogP contribution in [0.3, 0.4) is 0 Å². The van der Waals surface area contributed by atoms with Gasteiger partial charge < -0.3 is 5.73 Å². The van der Waals surface area contributed by atoms with E-state index in [0.717, 1.165) is 6.42 Å². The van der Waals surface area contributed by atoms with Crippen molar-refractivity contribution in [2.45, 2.75) is 29.2 Å². The zero-order chi connectivity index (χ0) is 12.1. The van der Waals surface area contributed by atoms with Crippen molar-refractivity contribution >= 4 is 11.8 Å². The Bertz CT molecular complexity index is 465. The van der Waals surface area contributed by atoms with E-state index in [2.05, 4.69) is 61.2 Å². The molecule has 17 heavy (non-hydrogen) atoms. The SMILES string of the molecule is C[C@@H]([NH3+])Cc1ccccc1Sc1ccccc1. The lowest BCUT2D eigenvalue weighted by atomic mass is 10.1. The van der Waals surface area contributed by atoms with Gasteiger partial charge in [0.05, 0.1) is 6.04 Å². The van der Waals surface area contributed by atoms with Crippen molar-refractivity contribution in [3.63, 3.8) is 0 Å². The van der Waals surface area contributed by atoms with E-state index in [9.17, 15) is 0 Å². The topological polar surface area (TPSA) is 27.6 Å². The number of hydrogen-bond donors (Lipinski definition) is 1. The Morgan fingerprint density at radius 1 is 1.00 bits per heavy atom. The molecule has 0 saturated carbocycles. The third kappa shape index (κ3) is 3.62. The molecule has 0 spiro atoms. The molecule has 0 fully saturated rings. The molecule has 0 radical (unpaired) electrons. The molecule has 2 rings (SSSR count). The summed E-state index contributed by atoms with van der Waals surface area (Å²) < 4.78 is 0. The fourth-order valence-electron chi connectivity index (χ4n) is 1.76. The highest BCUT2D eigenvalue weighted by Gasteiger charge is 2.07. The molecular weight excluding hydrogens is 226 g/mol. The first-order chi connectivity index (χ1) is 8.25. The van der Waals surface area contributed by atoms with E-state index in [4.69, 9.17) is 0 Å². The number of benzene rings is 2. The summed E-state index contributed by atoms with van der Waals surface area (Å²) in [5, 5.41) is 0. The van der Waals surface area contributed by atoms with Crippen molar-refractivity contribution in [3.05, 3.63) is 60.2 Å². The van der Waals surface area contributed by atoms with Crippen molar-refractivity contribution in [1.29, 1.82) is 0 Å². The average molecular weight is 244 g/mol. The fourth-order valence-corrected chi connectivity index (χ4v) is 2.74. The van der Waals surface area contributed by atoms with Gasteiger partial charge in [-0.3, -0.25) is 0 Å². The maximum atomic E-state index is 4.07. The molecule has 0 unspecified atom stereocenters. The normalized spacial score (nSPS) is 12.4. The van der Waals surface area contributed by atoms with Crippen LogP contribution in [-0.4, -0.2) is 6.04 Å². The highest BCUT2D eigenvalue weighted by Crippen LogP contribution is 2.30. The third-order valence-electron chi connectivity index (χ3n) is 2.51. The lowest BCUT2D eigenvalue weighted by molar-refractivity contribution is -0.413. The predicted molar refractivity (Wildman–Crippen MR) is 73.1 cm³/mol. The lowest BCUT2D eigenvalue weighted by Gasteiger charge is -2.09. The zero-order valence-corrected chi connectivity index (χ0v) is 10.9. The maximum Gasteiger partial charge on any atom is 0.0856 e. The molecule has 0 bridgehead atoms. The van der Waals surface area contributed by atoms with Gasteiger partial charge in [-0.1, -0.05) is 48.2 Å². The lowest BCUT2D eigenvalue weighted by Crippen LogP contribution is -2.60. The molecule has 1 nitrogen and oxygen atoms in total. The Morgan fingerprint density at radius 2 is 1.65 bits per heavy atom. The molecule has 0 aliphatic rings.